The predicted octanol–water partition coefficient (Wildman–Crippen LogP) is 4.18. The van der Waals surface area contributed by atoms with Crippen LogP contribution in [0.5, 0.6) is 5.75 Å². The van der Waals surface area contributed by atoms with Crippen LogP contribution in [-0.4, -0.2) is 6.54 Å². The van der Waals surface area contributed by atoms with Crippen molar-refractivity contribution in [1.82, 2.24) is 5.32 Å². The van der Waals surface area contributed by atoms with E-state index in [1.165, 1.54) is 6.07 Å². The van der Waals surface area contributed by atoms with E-state index in [2.05, 4.69) is 21.2 Å². The van der Waals surface area contributed by atoms with Crippen molar-refractivity contribution in [3.8, 4) is 5.75 Å². The van der Waals surface area contributed by atoms with Crippen molar-refractivity contribution in [2.24, 2.45) is 0 Å². The van der Waals surface area contributed by atoms with Crippen LogP contribution in [0, 0.1) is 12.7 Å². The van der Waals surface area contributed by atoms with Crippen molar-refractivity contribution < 1.29 is 13.5 Å². The van der Waals surface area contributed by atoms with E-state index in [1.807, 2.05) is 19.9 Å². The average molecular weight is 342 g/mol. The Hall–Kier alpha value is -1.33. The quantitative estimate of drug-likeness (QED) is 0.855. The normalized spacial score (nSPS) is 10.8. The van der Waals surface area contributed by atoms with Crippen molar-refractivity contribution in [2.45, 2.75) is 27.0 Å². The van der Waals surface area contributed by atoms with E-state index in [4.69, 9.17) is 9.15 Å². The standard InChI is InChI=1S/C15H17BrFNO2/c1-3-18-8-15-10(2)6-12(20-15)9-19-14-5-4-11(16)7-13(14)17/h4-7,18H,3,8-9H2,1-2H3. The molecule has 2 rings (SSSR count). The Balaban J connectivity index is 2.00. The lowest BCUT2D eigenvalue weighted by atomic mass is 10.2. The molecule has 20 heavy (non-hydrogen) atoms. The number of halogens is 2. The first-order valence-corrected chi connectivity index (χ1v) is 7.26. The van der Waals surface area contributed by atoms with E-state index in [0.29, 0.717) is 16.8 Å². The van der Waals surface area contributed by atoms with Gasteiger partial charge in [0, 0.05) is 4.47 Å². The van der Waals surface area contributed by atoms with E-state index in [0.717, 1.165) is 17.9 Å². The number of nitrogens with one attached hydrogen (secondary N) is 1. The van der Waals surface area contributed by atoms with Crippen LogP contribution in [0.4, 0.5) is 4.39 Å². The molecule has 1 aromatic heterocycles. The number of furan rings is 1. The van der Waals surface area contributed by atoms with Gasteiger partial charge in [-0.2, -0.15) is 0 Å². The summed E-state index contributed by atoms with van der Waals surface area (Å²) in [5, 5.41) is 3.21. The number of hydrogen-bond donors (Lipinski definition) is 1. The molecular weight excluding hydrogens is 325 g/mol. The third kappa shape index (κ3) is 3.84. The molecule has 108 valence electrons. The fourth-order valence-corrected chi connectivity index (χ4v) is 2.15. The van der Waals surface area contributed by atoms with Gasteiger partial charge < -0.3 is 14.5 Å². The van der Waals surface area contributed by atoms with E-state index >= 15 is 0 Å². The van der Waals surface area contributed by atoms with Crippen molar-refractivity contribution in [2.75, 3.05) is 6.54 Å². The van der Waals surface area contributed by atoms with Gasteiger partial charge in [0.25, 0.3) is 0 Å². The molecule has 0 radical (unpaired) electrons. The second-order valence-electron chi connectivity index (χ2n) is 4.46. The van der Waals surface area contributed by atoms with Crippen LogP contribution in [0.25, 0.3) is 0 Å². The van der Waals surface area contributed by atoms with Gasteiger partial charge in [-0.3, -0.25) is 0 Å². The summed E-state index contributed by atoms with van der Waals surface area (Å²) in [6, 6.07) is 6.62. The Bertz CT molecular complexity index is 583. The van der Waals surface area contributed by atoms with Gasteiger partial charge in [-0.25, -0.2) is 4.39 Å². The average Bonchev–Trinajstić information content (AvgIpc) is 2.76. The first-order valence-electron chi connectivity index (χ1n) is 6.47. The van der Waals surface area contributed by atoms with Crippen LogP contribution in [0.15, 0.2) is 33.2 Å². The summed E-state index contributed by atoms with van der Waals surface area (Å²) in [6.07, 6.45) is 0. The molecule has 1 heterocycles. The maximum atomic E-state index is 13.6. The molecule has 0 aliphatic rings. The smallest absolute Gasteiger partial charge is 0.166 e. The number of ether oxygens (including phenoxy) is 1. The van der Waals surface area contributed by atoms with Crippen molar-refractivity contribution in [3.63, 3.8) is 0 Å². The molecule has 2 aromatic rings. The Morgan fingerprint density at radius 3 is 2.85 bits per heavy atom. The molecule has 0 fully saturated rings. The Morgan fingerprint density at radius 2 is 2.15 bits per heavy atom. The van der Waals surface area contributed by atoms with E-state index in [1.54, 1.807) is 12.1 Å². The summed E-state index contributed by atoms with van der Waals surface area (Å²) in [4.78, 5) is 0. The highest BCUT2D eigenvalue weighted by Gasteiger charge is 2.09. The van der Waals surface area contributed by atoms with Gasteiger partial charge in [0.15, 0.2) is 11.6 Å². The summed E-state index contributed by atoms with van der Waals surface area (Å²) in [7, 11) is 0. The highest BCUT2D eigenvalue weighted by atomic mass is 79.9. The van der Waals surface area contributed by atoms with Crippen LogP contribution in [0.3, 0.4) is 0 Å². The van der Waals surface area contributed by atoms with Crippen molar-refractivity contribution in [3.05, 3.63) is 51.6 Å². The molecule has 0 bridgehead atoms. The zero-order chi connectivity index (χ0) is 14.5. The molecule has 0 atom stereocenters. The molecule has 5 heteroatoms. The molecule has 0 saturated heterocycles. The molecule has 0 amide bonds. The minimum Gasteiger partial charge on any atom is -0.483 e. The van der Waals surface area contributed by atoms with Crippen molar-refractivity contribution >= 4 is 15.9 Å². The van der Waals surface area contributed by atoms with Crippen LogP contribution in [-0.2, 0) is 13.2 Å². The minimum absolute atomic E-state index is 0.214. The third-order valence-electron chi connectivity index (χ3n) is 2.87. The predicted molar refractivity (Wildman–Crippen MR) is 79.3 cm³/mol. The van der Waals surface area contributed by atoms with Gasteiger partial charge in [0.05, 0.1) is 6.54 Å². The molecule has 3 nitrogen and oxygen atoms in total. The molecular formula is C15H17BrFNO2. The molecule has 0 unspecified atom stereocenters. The molecule has 0 aliphatic heterocycles. The van der Waals surface area contributed by atoms with Gasteiger partial charge in [0.1, 0.15) is 18.1 Å². The maximum absolute atomic E-state index is 13.6. The largest absolute Gasteiger partial charge is 0.483 e. The monoisotopic (exact) mass is 341 g/mol. The van der Waals surface area contributed by atoms with Gasteiger partial charge in [-0.15, -0.1) is 0 Å². The summed E-state index contributed by atoms with van der Waals surface area (Å²) >= 11 is 3.21. The second-order valence-corrected chi connectivity index (χ2v) is 5.38. The summed E-state index contributed by atoms with van der Waals surface area (Å²) in [6.45, 7) is 5.81. The Morgan fingerprint density at radius 1 is 1.35 bits per heavy atom. The molecule has 0 aliphatic carbocycles. The highest BCUT2D eigenvalue weighted by Crippen LogP contribution is 2.23. The Kier molecular flexibility index (Phi) is 5.20. The van der Waals surface area contributed by atoms with Gasteiger partial charge in [-0.05, 0) is 43.3 Å². The first-order chi connectivity index (χ1) is 9.60. The molecule has 1 aromatic carbocycles. The Labute approximate surface area is 126 Å². The fourth-order valence-electron chi connectivity index (χ4n) is 1.82. The maximum Gasteiger partial charge on any atom is 0.166 e. The fraction of sp³-hybridized carbons (Fsp3) is 0.333. The number of benzene rings is 1. The van der Waals surface area contributed by atoms with Crippen LogP contribution in [0.2, 0.25) is 0 Å². The van der Waals surface area contributed by atoms with Gasteiger partial charge in [0.2, 0.25) is 0 Å². The second kappa shape index (κ2) is 6.90. The lowest BCUT2D eigenvalue weighted by molar-refractivity contribution is 0.254. The number of hydrogen-bond acceptors (Lipinski definition) is 3. The lowest BCUT2D eigenvalue weighted by Gasteiger charge is -2.05. The SMILES string of the molecule is CCNCc1oc(COc2ccc(Br)cc2F)cc1C. The molecule has 0 spiro atoms. The lowest BCUT2D eigenvalue weighted by Crippen LogP contribution is -2.11. The van der Waals surface area contributed by atoms with Gasteiger partial charge in [-0.1, -0.05) is 22.9 Å². The van der Waals surface area contributed by atoms with Crippen LogP contribution < -0.4 is 10.1 Å². The van der Waals surface area contributed by atoms with E-state index < -0.39 is 5.82 Å². The first kappa shape index (κ1) is 15.1. The van der Waals surface area contributed by atoms with Crippen molar-refractivity contribution in [1.29, 1.82) is 0 Å². The van der Waals surface area contributed by atoms with Crippen LogP contribution >= 0.6 is 15.9 Å². The molecule has 0 saturated carbocycles. The van der Waals surface area contributed by atoms with Gasteiger partial charge >= 0.3 is 0 Å². The zero-order valence-electron chi connectivity index (χ0n) is 11.5. The molecule has 1 N–H and O–H groups in total. The minimum atomic E-state index is -0.393. The number of rotatable bonds is 6. The van der Waals surface area contributed by atoms with E-state index in [9.17, 15) is 4.39 Å². The van der Waals surface area contributed by atoms with E-state index in [-0.39, 0.29) is 12.4 Å². The topological polar surface area (TPSA) is 34.4 Å². The summed E-state index contributed by atoms with van der Waals surface area (Å²) in [5.74, 6) is 1.41. The number of aryl methyl sites for hydroxylation is 1. The highest BCUT2D eigenvalue weighted by molar-refractivity contribution is 9.10. The van der Waals surface area contributed by atoms with Crippen LogP contribution in [0.1, 0.15) is 24.0 Å². The summed E-state index contributed by atoms with van der Waals surface area (Å²) < 4.78 is 25.4. The zero-order valence-corrected chi connectivity index (χ0v) is 13.1. The summed E-state index contributed by atoms with van der Waals surface area (Å²) in [5.41, 5.74) is 1.07. The third-order valence-corrected chi connectivity index (χ3v) is 3.36.